The third-order valence-electron chi connectivity index (χ3n) is 6.85. The van der Waals surface area contributed by atoms with Crippen LogP contribution in [0.2, 0.25) is 0 Å². The van der Waals surface area contributed by atoms with Gasteiger partial charge in [-0.25, -0.2) is 0 Å². The highest BCUT2D eigenvalue weighted by Crippen LogP contribution is 2.57. The number of hydrogen-bond acceptors (Lipinski definition) is 5. The van der Waals surface area contributed by atoms with Gasteiger partial charge in [0.05, 0.1) is 11.1 Å². The van der Waals surface area contributed by atoms with Gasteiger partial charge in [-0.2, -0.15) is 18.4 Å². The summed E-state index contributed by atoms with van der Waals surface area (Å²) < 4.78 is 39.5. The first kappa shape index (κ1) is 22.7. The Bertz CT molecular complexity index is 1400. The van der Waals surface area contributed by atoms with Gasteiger partial charge in [-0.1, -0.05) is 32.0 Å². The number of para-hydroxylation sites is 1. The zero-order valence-electron chi connectivity index (χ0n) is 19.0. The Hall–Kier alpha value is -4.06. The highest BCUT2D eigenvalue weighted by atomic mass is 19.4. The average Bonchev–Trinajstić information content (AvgIpc) is 3.05. The normalized spacial score (nSPS) is 23.3. The second kappa shape index (κ2) is 7.22. The van der Waals surface area contributed by atoms with Crippen LogP contribution in [-0.2, 0) is 21.2 Å². The van der Waals surface area contributed by atoms with Crippen molar-refractivity contribution in [3.8, 4) is 6.07 Å². The number of alkyl halides is 3. The summed E-state index contributed by atoms with van der Waals surface area (Å²) in [5.41, 5.74) is 5.10. The molecular weight excluding hydrogens is 457 g/mol. The molecule has 0 bridgehead atoms. The van der Waals surface area contributed by atoms with E-state index in [1.807, 2.05) is 13.8 Å². The van der Waals surface area contributed by atoms with E-state index in [4.69, 9.17) is 5.73 Å². The fourth-order valence-corrected chi connectivity index (χ4v) is 5.47. The third-order valence-corrected chi connectivity index (χ3v) is 6.85. The molecule has 0 saturated carbocycles. The van der Waals surface area contributed by atoms with Crippen LogP contribution in [0.4, 0.5) is 24.5 Å². The number of fused-ring (bicyclic) bond motifs is 3. The molecule has 35 heavy (non-hydrogen) atoms. The topological polar surface area (TPSA) is 99.2 Å². The SMILES string of the molecule is CC1(C)CC(=O)C2=C(C1)N(c1ccc(C(F)(F)F)cc1)C(N)=C(C#N)[C@@]21C(=O)Nc2ccccc21. The highest BCUT2D eigenvalue weighted by Gasteiger charge is 2.61. The maximum Gasteiger partial charge on any atom is 0.416 e. The summed E-state index contributed by atoms with van der Waals surface area (Å²) in [6.45, 7) is 3.79. The van der Waals surface area contributed by atoms with Crippen LogP contribution in [0.25, 0.3) is 0 Å². The Labute approximate surface area is 199 Å². The Morgan fingerprint density at radius 2 is 1.71 bits per heavy atom. The summed E-state index contributed by atoms with van der Waals surface area (Å²) in [5, 5.41) is 13.0. The number of rotatable bonds is 1. The van der Waals surface area contributed by atoms with Gasteiger partial charge >= 0.3 is 6.18 Å². The fraction of sp³-hybridized carbons (Fsp3) is 0.269. The third kappa shape index (κ3) is 3.09. The number of nitrogens with one attached hydrogen (secondary N) is 1. The van der Waals surface area contributed by atoms with E-state index in [0.717, 1.165) is 12.1 Å². The maximum atomic E-state index is 13.7. The first-order valence-corrected chi connectivity index (χ1v) is 11.0. The quantitative estimate of drug-likeness (QED) is 0.616. The van der Waals surface area contributed by atoms with Gasteiger partial charge in [0.2, 0.25) is 5.91 Å². The standard InChI is InChI=1S/C26H21F3N4O2/c1-24(2)11-19-21(20(34)12-24)25(16-5-3-4-6-18(16)32-23(25)35)17(13-30)22(31)33(19)15-9-7-14(8-10-15)26(27,28)29/h3-10H,11-12,31H2,1-2H3,(H,32,35)/t25-/m1/s1. The van der Waals surface area contributed by atoms with E-state index in [1.54, 1.807) is 24.3 Å². The van der Waals surface area contributed by atoms with Crippen LogP contribution in [0.15, 0.2) is 71.2 Å². The fourth-order valence-electron chi connectivity index (χ4n) is 5.47. The van der Waals surface area contributed by atoms with Crippen LogP contribution >= 0.6 is 0 Å². The molecular formula is C26H21F3N4O2. The molecule has 1 aliphatic carbocycles. The number of ketones is 1. The Balaban J connectivity index is 1.83. The number of hydrogen-bond donors (Lipinski definition) is 2. The van der Waals surface area contributed by atoms with Crippen molar-refractivity contribution in [1.29, 1.82) is 5.26 Å². The van der Waals surface area contributed by atoms with Gasteiger partial charge in [0, 0.05) is 34.6 Å². The molecule has 178 valence electrons. The van der Waals surface area contributed by atoms with Crippen molar-refractivity contribution in [1.82, 2.24) is 0 Å². The number of carbonyl (C=O) groups is 2. The van der Waals surface area contributed by atoms with Gasteiger partial charge in [-0.3, -0.25) is 14.5 Å². The van der Waals surface area contributed by atoms with Crippen molar-refractivity contribution >= 4 is 23.1 Å². The van der Waals surface area contributed by atoms with Crippen molar-refractivity contribution in [2.45, 2.75) is 38.3 Å². The van der Waals surface area contributed by atoms with Gasteiger partial charge in [-0.05, 0) is 42.2 Å². The van der Waals surface area contributed by atoms with Crippen LogP contribution in [0.3, 0.4) is 0 Å². The molecule has 6 nitrogen and oxygen atoms in total. The van der Waals surface area contributed by atoms with Gasteiger partial charge in [0.25, 0.3) is 0 Å². The van der Waals surface area contributed by atoms with Gasteiger partial charge < -0.3 is 11.1 Å². The van der Waals surface area contributed by atoms with Crippen LogP contribution in [-0.4, -0.2) is 11.7 Å². The minimum atomic E-state index is -4.53. The van der Waals surface area contributed by atoms with E-state index in [2.05, 4.69) is 11.4 Å². The second-order valence-corrected chi connectivity index (χ2v) is 9.76. The van der Waals surface area contributed by atoms with Crippen molar-refractivity contribution in [3.63, 3.8) is 0 Å². The van der Waals surface area contributed by atoms with Crippen molar-refractivity contribution < 1.29 is 22.8 Å². The number of allylic oxidation sites excluding steroid dienone is 1. The van der Waals surface area contributed by atoms with Crippen LogP contribution < -0.4 is 16.0 Å². The molecule has 1 amide bonds. The van der Waals surface area contributed by atoms with E-state index in [9.17, 15) is 28.0 Å². The van der Waals surface area contributed by atoms with Crippen LogP contribution in [0.5, 0.6) is 0 Å². The van der Waals surface area contributed by atoms with Gasteiger partial charge in [-0.15, -0.1) is 0 Å². The molecule has 1 spiro atoms. The smallest absolute Gasteiger partial charge is 0.384 e. The summed E-state index contributed by atoms with van der Waals surface area (Å²) in [6, 6.07) is 13.2. The summed E-state index contributed by atoms with van der Waals surface area (Å²) >= 11 is 0. The maximum absolute atomic E-state index is 13.7. The highest BCUT2D eigenvalue weighted by molar-refractivity contribution is 6.20. The first-order chi connectivity index (χ1) is 16.4. The summed E-state index contributed by atoms with van der Waals surface area (Å²) in [7, 11) is 0. The number of amides is 1. The van der Waals surface area contributed by atoms with Crippen LogP contribution in [0, 0.1) is 16.7 Å². The van der Waals surface area contributed by atoms with Crippen LogP contribution in [0.1, 0.15) is 37.8 Å². The van der Waals surface area contributed by atoms with Crippen molar-refractivity contribution in [2.24, 2.45) is 11.1 Å². The molecule has 3 aliphatic rings. The molecule has 0 radical (unpaired) electrons. The molecule has 2 heterocycles. The molecule has 2 aromatic carbocycles. The lowest BCUT2D eigenvalue weighted by Gasteiger charge is -2.46. The lowest BCUT2D eigenvalue weighted by atomic mass is 9.61. The number of carbonyl (C=O) groups excluding carboxylic acids is 2. The number of benzene rings is 2. The van der Waals surface area contributed by atoms with E-state index in [-0.39, 0.29) is 34.9 Å². The van der Waals surface area contributed by atoms with E-state index in [1.165, 1.54) is 17.0 Å². The van der Waals surface area contributed by atoms with Gasteiger partial charge in [0.15, 0.2) is 5.78 Å². The Morgan fingerprint density at radius 3 is 2.34 bits per heavy atom. The summed E-state index contributed by atoms with van der Waals surface area (Å²) in [5.74, 6) is -0.950. The Kier molecular flexibility index (Phi) is 4.69. The Morgan fingerprint density at radius 1 is 1.06 bits per heavy atom. The number of Topliss-reactive ketones (excluding diaryl/α,β-unsaturated/α-hetero) is 1. The molecule has 3 N–H and O–H groups in total. The molecule has 0 saturated heterocycles. The summed E-state index contributed by atoms with van der Waals surface area (Å²) in [6.07, 6.45) is -4.06. The molecule has 1 atom stereocenters. The predicted octanol–water partition coefficient (Wildman–Crippen LogP) is 4.75. The lowest BCUT2D eigenvalue weighted by Crippen LogP contribution is -2.52. The number of nitrogens with two attached hydrogens (primary N) is 1. The molecule has 2 aliphatic heterocycles. The zero-order valence-corrected chi connectivity index (χ0v) is 19.0. The van der Waals surface area contributed by atoms with Crippen molar-refractivity contribution in [3.05, 3.63) is 82.3 Å². The molecule has 0 unspecified atom stereocenters. The number of anilines is 2. The summed E-state index contributed by atoms with van der Waals surface area (Å²) in [4.78, 5) is 28.8. The molecule has 5 rings (SSSR count). The van der Waals surface area contributed by atoms with E-state index in [0.29, 0.717) is 23.4 Å². The monoisotopic (exact) mass is 478 g/mol. The zero-order chi connectivity index (χ0) is 25.3. The predicted molar refractivity (Wildman–Crippen MR) is 123 cm³/mol. The van der Waals surface area contributed by atoms with Gasteiger partial charge in [0.1, 0.15) is 17.3 Å². The largest absolute Gasteiger partial charge is 0.416 e. The number of halogens is 3. The van der Waals surface area contributed by atoms with E-state index >= 15 is 0 Å². The molecule has 9 heteroatoms. The molecule has 0 fully saturated rings. The average molecular weight is 478 g/mol. The van der Waals surface area contributed by atoms with Crippen molar-refractivity contribution in [2.75, 3.05) is 10.2 Å². The van der Waals surface area contributed by atoms with E-state index < -0.39 is 28.5 Å². The molecule has 0 aromatic heterocycles. The number of nitrogens with zero attached hydrogens (tertiary/aromatic N) is 2. The first-order valence-electron chi connectivity index (χ1n) is 11.0. The minimum Gasteiger partial charge on any atom is -0.384 e. The second-order valence-electron chi connectivity index (χ2n) is 9.76. The minimum absolute atomic E-state index is 0.0941. The molecule has 2 aromatic rings. The lowest BCUT2D eigenvalue weighted by molar-refractivity contribution is -0.137. The number of nitriles is 1.